The van der Waals surface area contributed by atoms with Crippen molar-refractivity contribution >= 4 is 5.91 Å². The third-order valence-electron chi connectivity index (χ3n) is 3.79. The number of amides is 1. The molecule has 1 aromatic rings. The molecule has 0 aliphatic carbocycles. The van der Waals surface area contributed by atoms with Gasteiger partial charge >= 0.3 is 0 Å². The normalized spacial score (nSPS) is 20.8. The van der Waals surface area contributed by atoms with Gasteiger partial charge in [0, 0.05) is 39.1 Å². The summed E-state index contributed by atoms with van der Waals surface area (Å²) in [6, 6.07) is 4.10. The second-order valence-electron chi connectivity index (χ2n) is 5.24. The summed E-state index contributed by atoms with van der Waals surface area (Å²) >= 11 is 0. The van der Waals surface area contributed by atoms with Crippen molar-refractivity contribution in [2.24, 2.45) is 0 Å². The zero-order chi connectivity index (χ0) is 13.7. The molecule has 0 radical (unpaired) electrons. The maximum absolute atomic E-state index is 12.3. The van der Waals surface area contributed by atoms with Gasteiger partial charge in [-0.05, 0) is 24.1 Å². The van der Waals surface area contributed by atoms with E-state index in [0.29, 0.717) is 0 Å². The quantitative estimate of drug-likeness (QED) is 0.812. The number of carbonyl (C=O) groups is 1. The number of hydrogen-bond acceptors (Lipinski definition) is 3. The summed E-state index contributed by atoms with van der Waals surface area (Å²) in [6.07, 6.45) is 6.83. The molecule has 19 heavy (non-hydrogen) atoms. The number of piperazine rings is 1. The highest BCUT2D eigenvalue weighted by molar-refractivity contribution is 5.82. The second kappa shape index (κ2) is 6.66. The number of aromatic nitrogens is 1. The molecule has 4 nitrogen and oxygen atoms in total. The third kappa shape index (κ3) is 3.53. The van der Waals surface area contributed by atoms with Gasteiger partial charge in [0.25, 0.3) is 0 Å². The molecular weight excluding hydrogens is 238 g/mol. The first-order chi connectivity index (χ1) is 9.22. The maximum Gasteiger partial charge on any atom is 0.239 e. The Kier molecular flexibility index (Phi) is 4.91. The zero-order valence-electron chi connectivity index (χ0n) is 11.9. The lowest BCUT2D eigenvalue weighted by molar-refractivity contribution is -0.140. The standard InChI is InChI=1S/C15H23N3O/c1-3-4-5-14-15(19)17(2)10-11-18(14)12-13-6-8-16-9-7-13/h6-9,14H,3-5,10-12H2,1-2H3/t14-/m0/s1. The highest BCUT2D eigenvalue weighted by Crippen LogP contribution is 2.18. The Balaban J connectivity index is 2.05. The lowest BCUT2D eigenvalue weighted by Gasteiger charge is -2.39. The minimum atomic E-state index is 0.0480. The molecule has 1 aliphatic heterocycles. The molecule has 1 atom stereocenters. The molecule has 1 amide bonds. The van der Waals surface area contributed by atoms with Crippen molar-refractivity contribution in [2.45, 2.75) is 38.8 Å². The summed E-state index contributed by atoms with van der Waals surface area (Å²) in [7, 11) is 1.91. The van der Waals surface area contributed by atoms with Gasteiger partial charge in [0.2, 0.25) is 5.91 Å². The predicted molar refractivity (Wildman–Crippen MR) is 75.6 cm³/mol. The number of carbonyl (C=O) groups excluding carboxylic acids is 1. The molecule has 0 saturated carbocycles. The van der Waals surface area contributed by atoms with Gasteiger partial charge in [-0.3, -0.25) is 14.7 Å². The molecule has 0 N–H and O–H groups in total. The summed E-state index contributed by atoms with van der Waals surface area (Å²) in [6.45, 7) is 4.80. The van der Waals surface area contributed by atoms with Gasteiger partial charge < -0.3 is 4.90 Å². The van der Waals surface area contributed by atoms with E-state index < -0.39 is 0 Å². The molecule has 104 valence electrons. The van der Waals surface area contributed by atoms with Crippen molar-refractivity contribution in [1.29, 1.82) is 0 Å². The van der Waals surface area contributed by atoms with Crippen LogP contribution in [0.4, 0.5) is 0 Å². The lowest BCUT2D eigenvalue weighted by atomic mass is 10.0. The van der Waals surface area contributed by atoms with Crippen molar-refractivity contribution in [3.05, 3.63) is 30.1 Å². The Bertz CT molecular complexity index is 407. The van der Waals surface area contributed by atoms with Crippen LogP contribution in [0.1, 0.15) is 31.7 Å². The molecule has 0 unspecified atom stereocenters. The first-order valence-corrected chi connectivity index (χ1v) is 7.10. The van der Waals surface area contributed by atoms with Crippen LogP contribution in [0.15, 0.2) is 24.5 Å². The average molecular weight is 261 g/mol. The Morgan fingerprint density at radius 2 is 2.05 bits per heavy atom. The summed E-state index contributed by atoms with van der Waals surface area (Å²) in [5.41, 5.74) is 1.23. The monoisotopic (exact) mass is 261 g/mol. The van der Waals surface area contributed by atoms with Gasteiger partial charge in [-0.2, -0.15) is 0 Å². The van der Waals surface area contributed by atoms with Crippen LogP contribution in [-0.4, -0.2) is 46.9 Å². The molecule has 1 aliphatic rings. The van der Waals surface area contributed by atoms with E-state index in [1.807, 2.05) is 36.5 Å². The molecule has 1 aromatic heterocycles. The Labute approximate surface area is 115 Å². The van der Waals surface area contributed by atoms with E-state index in [9.17, 15) is 4.79 Å². The van der Waals surface area contributed by atoms with Gasteiger partial charge in [-0.15, -0.1) is 0 Å². The number of nitrogens with zero attached hydrogens (tertiary/aromatic N) is 3. The number of pyridine rings is 1. The number of rotatable bonds is 5. The van der Waals surface area contributed by atoms with Crippen LogP contribution in [0.3, 0.4) is 0 Å². The van der Waals surface area contributed by atoms with Crippen LogP contribution in [-0.2, 0) is 11.3 Å². The van der Waals surface area contributed by atoms with E-state index in [1.54, 1.807) is 0 Å². The van der Waals surface area contributed by atoms with Crippen molar-refractivity contribution < 1.29 is 4.79 Å². The Morgan fingerprint density at radius 1 is 1.32 bits per heavy atom. The topological polar surface area (TPSA) is 36.4 Å². The smallest absolute Gasteiger partial charge is 0.239 e. The van der Waals surface area contributed by atoms with E-state index >= 15 is 0 Å². The predicted octanol–water partition coefficient (Wildman–Crippen LogP) is 1.91. The maximum atomic E-state index is 12.3. The van der Waals surface area contributed by atoms with Crippen LogP contribution >= 0.6 is 0 Å². The molecule has 2 rings (SSSR count). The highest BCUT2D eigenvalue weighted by Gasteiger charge is 2.32. The molecule has 4 heteroatoms. The number of hydrogen-bond donors (Lipinski definition) is 0. The summed E-state index contributed by atoms with van der Waals surface area (Å²) in [5.74, 6) is 0.272. The molecule has 0 aromatic carbocycles. The Morgan fingerprint density at radius 3 is 2.74 bits per heavy atom. The van der Waals surface area contributed by atoms with Crippen LogP contribution < -0.4 is 0 Å². The van der Waals surface area contributed by atoms with Crippen molar-refractivity contribution in [3.8, 4) is 0 Å². The van der Waals surface area contributed by atoms with Crippen molar-refractivity contribution in [3.63, 3.8) is 0 Å². The fraction of sp³-hybridized carbons (Fsp3) is 0.600. The van der Waals surface area contributed by atoms with E-state index in [2.05, 4.69) is 16.8 Å². The van der Waals surface area contributed by atoms with Crippen LogP contribution in [0, 0.1) is 0 Å². The fourth-order valence-corrected chi connectivity index (χ4v) is 2.57. The summed E-state index contributed by atoms with van der Waals surface area (Å²) in [4.78, 5) is 20.5. The van der Waals surface area contributed by atoms with E-state index in [4.69, 9.17) is 0 Å². The van der Waals surface area contributed by atoms with Crippen molar-refractivity contribution in [1.82, 2.24) is 14.8 Å². The SMILES string of the molecule is CCCC[C@H]1C(=O)N(C)CCN1Cc1ccncc1. The van der Waals surface area contributed by atoms with Crippen LogP contribution in [0.2, 0.25) is 0 Å². The van der Waals surface area contributed by atoms with Crippen LogP contribution in [0.25, 0.3) is 0 Å². The average Bonchev–Trinajstić information content (AvgIpc) is 2.44. The Hall–Kier alpha value is -1.42. The highest BCUT2D eigenvalue weighted by atomic mass is 16.2. The minimum absolute atomic E-state index is 0.0480. The van der Waals surface area contributed by atoms with E-state index in [1.165, 1.54) is 5.56 Å². The molecule has 1 fully saturated rings. The molecule has 0 bridgehead atoms. The first kappa shape index (κ1) is 14.0. The van der Waals surface area contributed by atoms with Gasteiger partial charge in [-0.25, -0.2) is 0 Å². The zero-order valence-corrected chi connectivity index (χ0v) is 11.9. The van der Waals surface area contributed by atoms with Gasteiger partial charge in [-0.1, -0.05) is 19.8 Å². The summed E-state index contributed by atoms with van der Waals surface area (Å²) in [5, 5.41) is 0. The van der Waals surface area contributed by atoms with Gasteiger partial charge in [0.1, 0.15) is 0 Å². The van der Waals surface area contributed by atoms with E-state index in [-0.39, 0.29) is 11.9 Å². The first-order valence-electron chi connectivity index (χ1n) is 7.10. The minimum Gasteiger partial charge on any atom is -0.343 e. The second-order valence-corrected chi connectivity index (χ2v) is 5.24. The molecule has 2 heterocycles. The molecule has 0 spiro atoms. The number of unbranched alkanes of at least 4 members (excludes halogenated alkanes) is 1. The molecular formula is C15H23N3O. The van der Waals surface area contributed by atoms with E-state index in [0.717, 1.165) is 38.9 Å². The lowest BCUT2D eigenvalue weighted by Crippen LogP contribution is -2.55. The van der Waals surface area contributed by atoms with Gasteiger partial charge in [0.05, 0.1) is 6.04 Å². The van der Waals surface area contributed by atoms with Crippen molar-refractivity contribution in [2.75, 3.05) is 20.1 Å². The third-order valence-corrected chi connectivity index (χ3v) is 3.79. The molecule has 1 saturated heterocycles. The fourth-order valence-electron chi connectivity index (χ4n) is 2.57. The largest absolute Gasteiger partial charge is 0.343 e. The van der Waals surface area contributed by atoms with Gasteiger partial charge in [0.15, 0.2) is 0 Å². The van der Waals surface area contributed by atoms with Crippen LogP contribution in [0.5, 0.6) is 0 Å². The number of likely N-dealkylation sites (N-methyl/N-ethyl adjacent to an activating group) is 1. The summed E-state index contributed by atoms with van der Waals surface area (Å²) < 4.78 is 0.